The van der Waals surface area contributed by atoms with E-state index in [4.69, 9.17) is 13.9 Å². The molecule has 0 bridgehead atoms. The molecule has 1 N–H and O–H groups in total. The third kappa shape index (κ3) is 3.45. The normalized spacial score (nSPS) is 12.0. The molecule has 2 aromatic rings. The third-order valence-corrected chi connectivity index (χ3v) is 3.39. The predicted molar refractivity (Wildman–Crippen MR) is 81.1 cm³/mol. The molecule has 2 heterocycles. The van der Waals surface area contributed by atoms with Crippen molar-refractivity contribution in [3.05, 3.63) is 42.4 Å². The number of nitrogens with one attached hydrogen (secondary N) is 1. The average Bonchev–Trinajstić information content (AvgIpc) is 3.20. The predicted octanol–water partition coefficient (Wildman–Crippen LogP) is 1.68. The summed E-state index contributed by atoms with van der Waals surface area (Å²) in [6.45, 7) is 1.75. The van der Waals surface area contributed by atoms with Crippen molar-refractivity contribution < 1.29 is 23.5 Å². The van der Waals surface area contributed by atoms with Crippen LogP contribution in [-0.4, -0.2) is 25.2 Å². The Balaban J connectivity index is 1.66. The van der Waals surface area contributed by atoms with Gasteiger partial charge in [-0.15, -0.1) is 0 Å². The van der Waals surface area contributed by atoms with Crippen LogP contribution in [0, 0.1) is 0 Å². The van der Waals surface area contributed by atoms with Gasteiger partial charge in [-0.3, -0.25) is 9.59 Å². The van der Waals surface area contributed by atoms with Crippen LogP contribution in [0.3, 0.4) is 0 Å². The number of anilines is 1. The number of fused-ring (bicyclic) bond motifs is 1. The molecule has 0 aliphatic carbocycles. The number of hydrogen-bond donors (Lipinski definition) is 1. The number of nitrogens with zero attached hydrogens (tertiary/aromatic N) is 1. The number of amides is 2. The minimum atomic E-state index is -0.283. The minimum absolute atomic E-state index is 0.0876. The van der Waals surface area contributed by atoms with Crippen LogP contribution in [0.25, 0.3) is 0 Å². The summed E-state index contributed by atoms with van der Waals surface area (Å²) < 4.78 is 15.7. The molecule has 1 aromatic carbocycles. The van der Waals surface area contributed by atoms with E-state index in [1.54, 1.807) is 30.3 Å². The fraction of sp³-hybridized carbons (Fsp3) is 0.250. The molecule has 23 heavy (non-hydrogen) atoms. The first kappa shape index (κ1) is 15.0. The van der Waals surface area contributed by atoms with Crippen molar-refractivity contribution in [2.45, 2.75) is 13.5 Å². The molecule has 7 nitrogen and oxygen atoms in total. The third-order valence-electron chi connectivity index (χ3n) is 3.39. The molecule has 0 radical (unpaired) electrons. The Kier molecular flexibility index (Phi) is 4.18. The van der Waals surface area contributed by atoms with E-state index >= 15 is 0 Å². The highest BCUT2D eigenvalue weighted by Gasteiger charge is 2.20. The highest BCUT2D eigenvalue weighted by molar-refractivity contribution is 5.97. The standard InChI is InChI=1S/C16H16N2O5/c1-11(19)18(9-16(20)17-8-13-3-2-6-21-13)12-4-5-14-15(7-12)23-10-22-14/h2-7H,8-10H2,1H3,(H,17,20). The lowest BCUT2D eigenvalue weighted by atomic mass is 10.2. The number of hydrogen-bond acceptors (Lipinski definition) is 5. The van der Waals surface area contributed by atoms with E-state index < -0.39 is 0 Å². The van der Waals surface area contributed by atoms with Crippen molar-refractivity contribution in [2.24, 2.45) is 0 Å². The Morgan fingerprint density at radius 2 is 2.04 bits per heavy atom. The van der Waals surface area contributed by atoms with Gasteiger partial charge in [0.15, 0.2) is 11.5 Å². The quantitative estimate of drug-likeness (QED) is 0.907. The molecule has 0 spiro atoms. The Labute approximate surface area is 132 Å². The molecule has 0 fully saturated rings. The molecule has 120 valence electrons. The van der Waals surface area contributed by atoms with Gasteiger partial charge < -0.3 is 24.1 Å². The highest BCUT2D eigenvalue weighted by Crippen LogP contribution is 2.35. The van der Waals surface area contributed by atoms with Gasteiger partial charge in [0.1, 0.15) is 12.3 Å². The SMILES string of the molecule is CC(=O)N(CC(=O)NCc1ccco1)c1ccc2c(c1)OCO2. The van der Waals surface area contributed by atoms with Gasteiger partial charge >= 0.3 is 0 Å². The lowest BCUT2D eigenvalue weighted by Gasteiger charge is -2.20. The second kappa shape index (κ2) is 6.43. The lowest BCUT2D eigenvalue weighted by molar-refractivity contribution is -0.123. The summed E-state index contributed by atoms with van der Waals surface area (Å²) in [4.78, 5) is 25.3. The summed E-state index contributed by atoms with van der Waals surface area (Å²) in [5.74, 6) is 1.31. The van der Waals surface area contributed by atoms with E-state index in [9.17, 15) is 9.59 Å². The first-order valence-corrected chi connectivity index (χ1v) is 7.10. The molecular formula is C16H16N2O5. The van der Waals surface area contributed by atoms with E-state index in [-0.39, 0.29) is 31.7 Å². The number of benzene rings is 1. The van der Waals surface area contributed by atoms with Crippen molar-refractivity contribution in [3.63, 3.8) is 0 Å². The van der Waals surface area contributed by atoms with Gasteiger partial charge in [-0.1, -0.05) is 0 Å². The maximum atomic E-state index is 12.1. The van der Waals surface area contributed by atoms with Crippen LogP contribution < -0.4 is 19.7 Å². The van der Waals surface area contributed by atoms with E-state index in [1.807, 2.05) is 0 Å². The van der Waals surface area contributed by atoms with E-state index in [0.29, 0.717) is 22.9 Å². The average molecular weight is 316 g/mol. The number of carbonyl (C=O) groups excluding carboxylic acids is 2. The molecule has 0 saturated heterocycles. The molecular weight excluding hydrogens is 300 g/mol. The number of furan rings is 1. The Hall–Kier alpha value is -2.96. The Morgan fingerprint density at radius 3 is 2.78 bits per heavy atom. The maximum Gasteiger partial charge on any atom is 0.240 e. The van der Waals surface area contributed by atoms with Crippen molar-refractivity contribution >= 4 is 17.5 Å². The summed E-state index contributed by atoms with van der Waals surface area (Å²) in [5, 5.41) is 2.71. The van der Waals surface area contributed by atoms with Crippen LogP contribution in [0.1, 0.15) is 12.7 Å². The van der Waals surface area contributed by atoms with Crippen LogP contribution >= 0.6 is 0 Å². The first-order valence-electron chi connectivity index (χ1n) is 7.10. The Morgan fingerprint density at radius 1 is 1.22 bits per heavy atom. The van der Waals surface area contributed by atoms with Gasteiger partial charge in [-0.2, -0.15) is 0 Å². The minimum Gasteiger partial charge on any atom is -0.467 e. The molecule has 2 amide bonds. The summed E-state index contributed by atoms with van der Waals surface area (Å²) in [7, 11) is 0. The monoisotopic (exact) mass is 316 g/mol. The van der Waals surface area contributed by atoms with Crippen molar-refractivity contribution in [1.29, 1.82) is 0 Å². The second-order valence-electron chi connectivity index (χ2n) is 5.00. The summed E-state index contributed by atoms with van der Waals surface area (Å²) in [5.41, 5.74) is 0.579. The van der Waals surface area contributed by atoms with Gasteiger partial charge in [0, 0.05) is 18.7 Å². The van der Waals surface area contributed by atoms with Crippen LogP contribution in [-0.2, 0) is 16.1 Å². The molecule has 0 unspecified atom stereocenters. The first-order chi connectivity index (χ1) is 11.1. The molecule has 0 saturated carbocycles. The van der Waals surface area contributed by atoms with Gasteiger partial charge in [-0.25, -0.2) is 0 Å². The summed E-state index contributed by atoms with van der Waals surface area (Å²) >= 11 is 0. The van der Waals surface area contributed by atoms with Gasteiger partial charge in [-0.05, 0) is 24.3 Å². The molecule has 1 aliphatic heterocycles. The van der Waals surface area contributed by atoms with Crippen molar-refractivity contribution in [1.82, 2.24) is 5.32 Å². The van der Waals surface area contributed by atoms with Gasteiger partial charge in [0.25, 0.3) is 0 Å². The smallest absolute Gasteiger partial charge is 0.240 e. The zero-order valence-electron chi connectivity index (χ0n) is 12.6. The number of rotatable bonds is 5. The fourth-order valence-electron chi connectivity index (χ4n) is 2.24. The maximum absolute atomic E-state index is 12.1. The van der Waals surface area contributed by atoms with Crippen molar-refractivity contribution in [2.75, 3.05) is 18.2 Å². The van der Waals surface area contributed by atoms with E-state index in [1.165, 1.54) is 18.1 Å². The van der Waals surface area contributed by atoms with Gasteiger partial charge in [0.05, 0.1) is 12.8 Å². The van der Waals surface area contributed by atoms with E-state index in [2.05, 4.69) is 5.32 Å². The number of ether oxygens (including phenoxy) is 2. The topological polar surface area (TPSA) is 81.0 Å². The van der Waals surface area contributed by atoms with Crippen LogP contribution in [0.5, 0.6) is 11.5 Å². The van der Waals surface area contributed by atoms with Crippen molar-refractivity contribution in [3.8, 4) is 11.5 Å². The highest BCUT2D eigenvalue weighted by atomic mass is 16.7. The van der Waals surface area contributed by atoms with E-state index in [0.717, 1.165) is 0 Å². The largest absolute Gasteiger partial charge is 0.467 e. The zero-order valence-corrected chi connectivity index (χ0v) is 12.6. The zero-order chi connectivity index (χ0) is 16.2. The molecule has 1 aliphatic rings. The lowest BCUT2D eigenvalue weighted by Crippen LogP contribution is -2.39. The second-order valence-corrected chi connectivity index (χ2v) is 5.00. The fourth-order valence-corrected chi connectivity index (χ4v) is 2.24. The van der Waals surface area contributed by atoms with Crippen LogP contribution in [0.15, 0.2) is 41.0 Å². The molecule has 3 rings (SSSR count). The summed E-state index contributed by atoms with van der Waals surface area (Å²) in [6, 6.07) is 8.63. The van der Waals surface area contributed by atoms with Gasteiger partial charge in [0.2, 0.25) is 18.6 Å². The van der Waals surface area contributed by atoms with Crippen LogP contribution in [0.4, 0.5) is 5.69 Å². The summed E-state index contributed by atoms with van der Waals surface area (Å²) in [6.07, 6.45) is 1.54. The molecule has 1 aromatic heterocycles. The Bertz CT molecular complexity index is 711. The van der Waals surface area contributed by atoms with Crippen LogP contribution in [0.2, 0.25) is 0 Å². The molecule has 0 atom stereocenters. The molecule has 7 heteroatoms. The number of carbonyl (C=O) groups is 2.